The average Bonchev–Trinajstić information content (AvgIpc) is 2.33. The normalized spacial score (nSPS) is 12.3. The Labute approximate surface area is 118 Å². The maximum Gasteiger partial charge on any atom is 0.293 e. The molecule has 1 aromatic carbocycles. The minimum atomic E-state index is -0.741. The summed E-state index contributed by atoms with van der Waals surface area (Å²) >= 11 is 8.78. The molecular weight excluding hydrogens is 323 g/mol. The van der Waals surface area contributed by atoms with Crippen LogP contribution in [0.3, 0.4) is 0 Å². The summed E-state index contributed by atoms with van der Waals surface area (Å²) < 4.78 is 0.690. The van der Waals surface area contributed by atoms with E-state index in [2.05, 4.69) is 21.2 Å². The molecule has 1 unspecified atom stereocenters. The highest BCUT2D eigenvalue weighted by Crippen LogP contribution is 2.35. The van der Waals surface area contributed by atoms with Crippen LogP contribution in [0.5, 0.6) is 0 Å². The van der Waals surface area contributed by atoms with Gasteiger partial charge in [-0.05, 0) is 25.0 Å². The summed E-state index contributed by atoms with van der Waals surface area (Å²) in [5.74, 6) is 0.0787. The van der Waals surface area contributed by atoms with Crippen molar-refractivity contribution in [1.29, 1.82) is 0 Å². The number of hydrogen-bond acceptors (Lipinski definition) is 4. The minimum Gasteiger partial charge on any atom is -0.390 e. The van der Waals surface area contributed by atoms with Crippen LogP contribution in [0.1, 0.15) is 11.1 Å². The fraction of sp³-hybridized carbons (Fsp3) is 0.455. The van der Waals surface area contributed by atoms with E-state index in [1.165, 1.54) is 6.07 Å². The third-order valence-electron chi connectivity index (χ3n) is 2.70. The smallest absolute Gasteiger partial charge is 0.293 e. The molecule has 0 heterocycles. The standard InChI is InChI=1S/C11H14BrClN2O3/c1-6-7(2)11(14-5-8(16)4-13)10(15(17)18)3-9(6)12/h3,8,14,16H,4-5H2,1-2H3. The highest BCUT2D eigenvalue weighted by Gasteiger charge is 2.20. The van der Waals surface area contributed by atoms with E-state index in [0.717, 1.165) is 11.1 Å². The van der Waals surface area contributed by atoms with Gasteiger partial charge in [-0.2, -0.15) is 0 Å². The van der Waals surface area contributed by atoms with Gasteiger partial charge in [-0.25, -0.2) is 0 Å². The quantitative estimate of drug-likeness (QED) is 0.492. The third kappa shape index (κ3) is 3.34. The number of hydrogen-bond donors (Lipinski definition) is 2. The maximum absolute atomic E-state index is 11.0. The van der Waals surface area contributed by atoms with Crippen LogP contribution in [0.4, 0.5) is 11.4 Å². The summed E-state index contributed by atoms with van der Waals surface area (Å²) in [6.45, 7) is 3.83. The lowest BCUT2D eigenvalue weighted by Crippen LogP contribution is -2.21. The summed E-state index contributed by atoms with van der Waals surface area (Å²) in [6.07, 6.45) is -0.741. The number of aliphatic hydroxyl groups is 1. The Morgan fingerprint density at radius 2 is 2.17 bits per heavy atom. The largest absolute Gasteiger partial charge is 0.390 e. The number of nitro benzene ring substituents is 1. The molecule has 7 heteroatoms. The first-order chi connectivity index (χ1) is 8.38. The summed E-state index contributed by atoms with van der Waals surface area (Å²) in [7, 11) is 0. The van der Waals surface area contributed by atoms with Gasteiger partial charge in [0.2, 0.25) is 0 Å². The fourth-order valence-electron chi connectivity index (χ4n) is 1.50. The number of halogens is 2. The van der Waals surface area contributed by atoms with Crippen LogP contribution in [0.15, 0.2) is 10.5 Å². The lowest BCUT2D eigenvalue weighted by atomic mass is 10.1. The van der Waals surface area contributed by atoms with E-state index in [0.29, 0.717) is 10.2 Å². The van der Waals surface area contributed by atoms with E-state index in [1.807, 2.05) is 6.92 Å². The SMILES string of the molecule is Cc1c(Br)cc([N+](=O)[O-])c(NCC(O)CCl)c1C. The second kappa shape index (κ2) is 6.36. The molecule has 1 rings (SSSR count). The number of anilines is 1. The highest BCUT2D eigenvalue weighted by molar-refractivity contribution is 9.10. The van der Waals surface area contributed by atoms with Crippen molar-refractivity contribution in [3.8, 4) is 0 Å². The highest BCUT2D eigenvalue weighted by atomic mass is 79.9. The first-order valence-electron chi connectivity index (χ1n) is 5.30. The van der Waals surface area contributed by atoms with E-state index >= 15 is 0 Å². The van der Waals surface area contributed by atoms with Crippen molar-refractivity contribution in [1.82, 2.24) is 0 Å². The number of benzene rings is 1. The molecule has 0 aliphatic heterocycles. The van der Waals surface area contributed by atoms with Crippen molar-refractivity contribution in [2.45, 2.75) is 20.0 Å². The van der Waals surface area contributed by atoms with Gasteiger partial charge in [0, 0.05) is 17.1 Å². The molecule has 1 aromatic rings. The Morgan fingerprint density at radius 3 is 2.67 bits per heavy atom. The lowest BCUT2D eigenvalue weighted by Gasteiger charge is -2.15. The summed E-state index contributed by atoms with van der Waals surface area (Å²) in [5.41, 5.74) is 2.10. The van der Waals surface area contributed by atoms with Crippen molar-refractivity contribution in [2.24, 2.45) is 0 Å². The Balaban J connectivity index is 3.15. The number of alkyl halides is 1. The Kier molecular flexibility index (Phi) is 5.37. The minimum absolute atomic E-state index is 0.0215. The monoisotopic (exact) mass is 336 g/mol. The Bertz CT molecular complexity index is 468. The van der Waals surface area contributed by atoms with E-state index in [1.54, 1.807) is 6.92 Å². The number of nitro groups is 1. The average molecular weight is 338 g/mol. The second-order valence-corrected chi connectivity index (χ2v) is 5.11. The Hall–Kier alpha value is -0.850. The van der Waals surface area contributed by atoms with E-state index in [9.17, 15) is 15.2 Å². The molecule has 2 N–H and O–H groups in total. The molecule has 0 bridgehead atoms. The molecular formula is C11H14BrClN2O3. The van der Waals surface area contributed by atoms with Gasteiger partial charge in [0.05, 0.1) is 16.9 Å². The molecule has 0 radical (unpaired) electrons. The third-order valence-corrected chi connectivity index (χ3v) is 3.88. The van der Waals surface area contributed by atoms with Gasteiger partial charge in [-0.15, -0.1) is 11.6 Å². The van der Waals surface area contributed by atoms with Crippen molar-refractivity contribution >= 4 is 38.9 Å². The van der Waals surface area contributed by atoms with Gasteiger partial charge >= 0.3 is 0 Å². The molecule has 18 heavy (non-hydrogen) atoms. The first-order valence-corrected chi connectivity index (χ1v) is 6.63. The zero-order chi connectivity index (χ0) is 13.9. The number of aliphatic hydroxyl groups excluding tert-OH is 1. The van der Waals surface area contributed by atoms with Crippen LogP contribution in [-0.4, -0.2) is 28.6 Å². The molecule has 0 saturated heterocycles. The van der Waals surface area contributed by atoms with Gasteiger partial charge < -0.3 is 10.4 Å². The van der Waals surface area contributed by atoms with Gasteiger partial charge in [0.25, 0.3) is 5.69 Å². The van der Waals surface area contributed by atoms with Gasteiger partial charge in [-0.3, -0.25) is 10.1 Å². The molecule has 100 valence electrons. The molecule has 0 fully saturated rings. The summed E-state index contributed by atoms with van der Waals surface area (Å²) in [6, 6.07) is 1.46. The zero-order valence-electron chi connectivity index (χ0n) is 10.0. The fourth-order valence-corrected chi connectivity index (χ4v) is 2.12. The zero-order valence-corrected chi connectivity index (χ0v) is 12.4. The Morgan fingerprint density at radius 1 is 1.56 bits per heavy atom. The second-order valence-electron chi connectivity index (χ2n) is 3.95. The van der Waals surface area contributed by atoms with Crippen LogP contribution in [0, 0.1) is 24.0 Å². The first kappa shape index (κ1) is 15.2. The molecule has 0 spiro atoms. The van der Waals surface area contributed by atoms with E-state index < -0.39 is 11.0 Å². The van der Waals surface area contributed by atoms with E-state index in [4.69, 9.17) is 11.6 Å². The molecule has 0 aliphatic rings. The molecule has 5 nitrogen and oxygen atoms in total. The predicted octanol–water partition coefficient (Wildman–Crippen LogP) is 2.99. The number of nitrogens with one attached hydrogen (secondary N) is 1. The molecule has 0 aliphatic carbocycles. The van der Waals surface area contributed by atoms with E-state index in [-0.39, 0.29) is 18.1 Å². The molecule has 1 atom stereocenters. The van der Waals surface area contributed by atoms with Gasteiger partial charge in [-0.1, -0.05) is 15.9 Å². The van der Waals surface area contributed by atoms with Crippen molar-refractivity contribution < 1.29 is 10.0 Å². The van der Waals surface area contributed by atoms with Crippen molar-refractivity contribution in [2.75, 3.05) is 17.7 Å². The predicted molar refractivity (Wildman–Crippen MR) is 75.5 cm³/mol. The molecule has 0 amide bonds. The maximum atomic E-state index is 11.0. The van der Waals surface area contributed by atoms with Gasteiger partial charge in [0.1, 0.15) is 5.69 Å². The summed E-state index contributed by atoms with van der Waals surface area (Å²) in [4.78, 5) is 10.6. The number of rotatable bonds is 5. The molecule has 0 aromatic heterocycles. The van der Waals surface area contributed by atoms with Crippen LogP contribution >= 0.6 is 27.5 Å². The van der Waals surface area contributed by atoms with Crippen molar-refractivity contribution in [3.05, 3.63) is 31.8 Å². The van der Waals surface area contributed by atoms with Crippen LogP contribution in [0.2, 0.25) is 0 Å². The topological polar surface area (TPSA) is 75.4 Å². The summed E-state index contributed by atoms with van der Waals surface area (Å²) in [5, 5.41) is 23.3. The molecule has 0 saturated carbocycles. The van der Waals surface area contributed by atoms with Crippen LogP contribution in [0.25, 0.3) is 0 Å². The lowest BCUT2D eigenvalue weighted by molar-refractivity contribution is -0.384. The van der Waals surface area contributed by atoms with Crippen LogP contribution in [-0.2, 0) is 0 Å². The number of nitrogens with zero attached hydrogens (tertiary/aromatic N) is 1. The van der Waals surface area contributed by atoms with Crippen LogP contribution < -0.4 is 5.32 Å². The van der Waals surface area contributed by atoms with Gasteiger partial charge in [0.15, 0.2) is 0 Å². The van der Waals surface area contributed by atoms with Crippen molar-refractivity contribution in [3.63, 3.8) is 0 Å².